The normalized spacial score (nSPS) is 15.8. The van der Waals surface area contributed by atoms with Crippen molar-refractivity contribution in [2.24, 2.45) is 0 Å². The van der Waals surface area contributed by atoms with Gasteiger partial charge in [0.15, 0.2) is 0 Å². The minimum Gasteiger partial charge on any atom is -0.432 e. The van der Waals surface area contributed by atoms with Gasteiger partial charge in [0, 0.05) is 31.9 Å². The summed E-state index contributed by atoms with van der Waals surface area (Å²) in [5.74, 6) is 0.396. The first-order valence-electron chi connectivity index (χ1n) is 6.42. The number of nitrogens with zero attached hydrogens (tertiary/aromatic N) is 3. The van der Waals surface area contributed by atoms with Gasteiger partial charge in [-0.15, -0.1) is 11.6 Å². The van der Waals surface area contributed by atoms with E-state index in [-0.39, 0.29) is 0 Å². The topological polar surface area (TPSA) is 32.5 Å². The first kappa shape index (κ1) is 12.4. The molecule has 0 amide bonds. The summed E-state index contributed by atoms with van der Waals surface area (Å²) in [5, 5.41) is 0. The second-order valence-corrected chi connectivity index (χ2v) is 4.83. The maximum Gasteiger partial charge on any atom is 0.297 e. The van der Waals surface area contributed by atoms with Crippen LogP contribution in [0.4, 0.5) is 11.7 Å². The molecule has 3 rings (SSSR count). The largest absolute Gasteiger partial charge is 0.432 e. The van der Waals surface area contributed by atoms with Crippen molar-refractivity contribution in [2.45, 2.75) is 5.88 Å². The van der Waals surface area contributed by atoms with Crippen LogP contribution in [0.3, 0.4) is 0 Å². The minimum absolute atomic E-state index is 0.396. The van der Waals surface area contributed by atoms with Crippen molar-refractivity contribution in [1.29, 1.82) is 0 Å². The van der Waals surface area contributed by atoms with Crippen LogP contribution in [0.15, 0.2) is 41.0 Å². The molecule has 2 heterocycles. The average Bonchev–Trinajstić information content (AvgIpc) is 2.97. The van der Waals surface area contributed by atoms with Crippen LogP contribution in [-0.4, -0.2) is 31.2 Å². The van der Waals surface area contributed by atoms with E-state index in [1.165, 1.54) is 5.69 Å². The number of piperazine rings is 1. The molecule has 0 unspecified atom stereocenters. The number of anilines is 2. The lowest BCUT2D eigenvalue weighted by Gasteiger charge is -2.35. The Kier molecular flexibility index (Phi) is 3.60. The van der Waals surface area contributed by atoms with Crippen molar-refractivity contribution >= 4 is 23.3 Å². The molecule has 2 aromatic rings. The molecule has 1 fully saturated rings. The summed E-state index contributed by atoms with van der Waals surface area (Å²) < 4.78 is 5.45. The summed E-state index contributed by atoms with van der Waals surface area (Å²) in [4.78, 5) is 8.90. The van der Waals surface area contributed by atoms with Gasteiger partial charge in [0.2, 0.25) is 0 Å². The highest BCUT2D eigenvalue weighted by atomic mass is 35.5. The van der Waals surface area contributed by atoms with Crippen LogP contribution in [0.1, 0.15) is 5.69 Å². The van der Waals surface area contributed by atoms with E-state index >= 15 is 0 Å². The predicted octanol–water partition coefficient (Wildman–Crippen LogP) is 2.74. The van der Waals surface area contributed by atoms with Crippen molar-refractivity contribution in [2.75, 3.05) is 36.0 Å². The number of hydrogen-bond acceptors (Lipinski definition) is 4. The van der Waals surface area contributed by atoms with Crippen LogP contribution in [0.5, 0.6) is 0 Å². The lowest BCUT2D eigenvalue weighted by molar-refractivity contribution is 0.516. The lowest BCUT2D eigenvalue weighted by atomic mass is 10.2. The smallest absolute Gasteiger partial charge is 0.297 e. The predicted molar refractivity (Wildman–Crippen MR) is 76.9 cm³/mol. The van der Waals surface area contributed by atoms with Crippen LogP contribution in [0.25, 0.3) is 0 Å². The molecule has 0 spiro atoms. The molecule has 0 radical (unpaired) electrons. The Bertz CT molecular complexity index is 520. The first-order valence-corrected chi connectivity index (χ1v) is 6.95. The fourth-order valence-electron chi connectivity index (χ4n) is 2.30. The van der Waals surface area contributed by atoms with Gasteiger partial charge in [0.05, 0.1) is 11.6 Å². The fourth-order valence-corrected chi connectivity index (χ4v) is 2.42. The fraction of sp³-hybridized carbons (Fsp3) is 0.357. The van der Waals surface area contributed by atoms with E-state index in [2.05, 4.69) is 39.0 Å². The standard InChI is InChI=1S/C14H16ClN3O/c15-10-12-11-19-14(16-12)18-8-6-17(7-9-18)13-4-2-1-3-5-13/h1-5,11H,6-10H2. The van der Waals surface area contributed by atoms with Gasteiger partial charge < -0.3 is 14.2 Å². The summed E-state index contributed by atoms with van der Waals surface area (Å²) >= 11 is 5.73. The third-order valence-corrected chi connectivity index (χ3v) is 3.62. The third kappa shape index (κ3) is 2.68. The molecular weight excluding hydrogens is 262 g/mol. The summed E-state index contributed by atoms with van der Waals surface area (Å²) in [6.45, 7) is 3.78. The third-order valence-electron chi connectivity index (χ3n) is 3.35. The maximum atomic E-state index is 5.73. The number of aromatic nitrogens is 1. The van der Waals surface area contributed by atoms with Crippen LogP contribution in [0.2, 0.25) is 0 Å². The summed E-state index contributed by atoms with van der Waals surface area (Å²) in [6, 6.07) is 11.2. The summed E-state index contributed by atoms with van der Waals surface area (Å²) in [6.07, 6.45) is 1.63. The highest BCUT2D eigenvalue weighted by Crippen LogP contribution is 2.20. The van der Waals surface area contributed by atoms with Gasteiger partial charge in [-0.3, -0.25) is 0 Å². The Balaban J connectivity index is 1.63. The van der Waals surface area contributed by atoms with Crippen molar-refractivity contribution in [3.05, 3.63) is 42.3 Å². The Morgan fingerprint density at radius 3 is 2.37 bits per heavy atom. The van der Waals surface area contributed by atoms with Crippen molar-refractivity contribution in [1.82, 2.24) is 4.98 Å². The Labute approximate surface area is 117 Å². The molecule has 1 aliphatic heterocycles. The number of rotatable bonds is 3. The molecule has 0 saturated carbocycles. The molecule has 0 bridgehead atoms. The minimum atomic E-state index is 0.396. The molecule has 19 heavy (non-hydrogen) atoms. The van der Waals surface area contributed by atoms with E-state index in [1.807, 2.05) is 6.07 Å². The van der Waals surface area contributed by atoms with Gasteiger partial charge in [0.1, 0.15) is 6.26 Å². The van der Waals surface area contributed by atoms with Crippen molar-refractivity contribution in [3.8, 4) is 0 Å². The van der Waals surface area contributed by atoms with Crippen LogP contribution in [0, 0.1) is 0 Å². The molecular formula is C14H16ClN3O. The van der Waals surface area contributed by atoms with Crippen LogP contribution in [-0.2, 0) is 5.88 Å². The molecule has 4 nitrogen and oxygen atoms in total. The van der Waals surface area contributed by atoms with E-state index in [0.717, 1.165) is 31.9 Å². The maximum absolute atomic E-state index is 5.73. The van der Waals surface area contributed by atoms with Gasteiger partial charge in [-0.05, 0) is 12.1 Å². The first-order chi connectivity index (χ1) is 9.36. The number of alkyl halides is 1. The summed E-state index contributed by atoms with van der Waals surface area (Å²) in [7, 11) is 0. The Morgan fingerprint density at radius 1 is 1.05 bits per heavy atom. The number of oxazole rings is 1. The quantitative estimate of drug-likeness (QED) is 0.808. The molecule has 1 aromatic heterocycles. The average molecular weight is 278 g/mol. The molecule has 1 saturated heterocycles. The van der Waals surface area contributed by atoms with E-state index < -0.39 is 0 Å². The molecule has 1 aliphatic rings. The molecule has 100 valence electrons. The van der Waals surface area contributed by atoms with E-state index in [0.29, 0.717) is 11.9 Å². The van der Waals surface area contributed by atoms with Gasteiger partial charge in [0.25, 0.3) is 6.01 Å². The van der Waals surface area contributed by atoms with Crippen LogP contribution < -0.4 is 9.80 Å². The second kappa shape index (κ2) is 5.53. The van der Waals surface area contributed by atoms with Crippen molar-refractivity contribution < 1.29 is 4.42 Å². The number of benzene rings is 1. The Morgan fingerprint density at radius 2 is 1.74 bits per heavy atom. The number of halogens is 1. The van der Waals surface area contributed by atoms with E-state index in [4.69, 9.17) is 16.0 Å². The number of hydrogen-bond donors (Lipinski definition) is 0. The molecule has 0 atom stereocenters. The monoisotopic (exact) mass is 277 g/mol. The zero-order valence-electron chi connectivity index (χ0n) is 10.6. The molecule has 0 N–H and O–H groups in total. The highest BCUT2D eigenvalue weighted by Gasteiger charge is 2.20. The zero-order valence-corrected chi connectivity index (χ0v) is 11.4. The van der Waals surface area contributed by atoms with Gasteiger partial charge >= 0.3 is 0 Å². The lowest BCUT2D eigenvalue weighted by Crippen LogP contribution is -2.46. The SMILES string of the molecule is ClCc1coc(N2CCN(c3ccccc3)CC2)n1. The molecule has 0 aliphatic carbocycles. The van der Waals surface area contributed by atoms with Gasteiger partial charge in [-0.2, -0.15) is 4.98 Å². The second-order valence-electron chi connectivity index (χ2n) is 4.56. The van der Waals surface area contributed by atoms with E-state index in [9.17, 15) is 0 Å². The van der Waals surface area contributed by atoms with Crippen LogP contribution >= 0.6 is 11.6 Å². The highest BCUT2D eigenvalue weighted by molar-refractivity contribution is 6.16. The number of para-hydroxylation sites is 1. The summed E-state index contributed by atoms with van der Waals surface area (Å²) in [5.41, 5.74) is 2.07. The van der Waals surface area contributed by atoms with Gasteiger partial charge in [-0.25, -0.2) is 0 Å². The van der Waals surface area contributed by atoms with Crippen molar-refractivity contribution in [3.63, 3.8) is 0 Å². The molecule has 5 heteroatoms. The Hall–Kier alpha value is -1.68. The van der Waals surface area contributed by atoms with Gasteiger partial charge in [-0.1, -0.05) is 18.2 Å². The van der Waals surface area contributed by atoms with E-state index in [1.54, 1.807) is 6.26 Å². The zero-order chi connectivity index (χ0) is 13.1. The molecule has 1 aromatic carbocycles.